The van der Waals surface area contributed by atoms with Crippen LogP contribution < -0.4 is 10.6 Å². The van der Waals surface area contributed by atoms with Gasteiger partial charge in [-0.25, -0.2) is 0 Å². The molecule has 100 valence electrons. The lowest BCUT2D eigenvalue weighted by molar-refractivity contribution is -0.117. The maximum absolute atomic E-state index is 11.6. The lowest BCUT2D eigenvalue weighted by atomic mass is 10.2. The molecule has 1 aromatic heterocycles. The third-order valence-corrected chi connectivity index (χ3v) is 2.26. The molecule has 0 radical (unpaired) electrons. The van der Waals surface area contributed by atoms with Crippen LogP contribution >= 0.6 is 0 Å². The first-order chi connectivity index (χ1) is 9.27. The summed E-state index contributed by atoms with van der Waals surface area (Å²) in [6.07, 6.45) is 4.77. The first-order valence-corrected chi connectivity index (χ1v) is 5.77. The van der Waals surface area contributed by atoms with Crippen molar-refractivity contribution in [1.82, 2.24) is 15.6 Å². The number of aromatic nitrogens is 1. The summed E-state index contributed by atoms with van der Waals surface area (Å²) in [5, 5.41) is 14.4. The van der Waals surface area contributed by atoms with Gasteiger partial charge in [0.15, 0.2) is 0 Å². The molecule has 0 spiro atoms. The van der Waals surface area contributed by atoms with E-state index < -0.39 is 5.91 Å². The van der Waals surface area contributed by atoms with Gasteiger partial charge in [0.1, 0.15) is 11.6 Å². The van der Waals surface area contributed by atoms with Gasteiger partial charge in [0, 0.05) is 38.8 Å². The topological polar surface area (TPSA) is 87.0 Å². The van der Waals surface area contributed by atoms with E-state index in [2.05, 4.69) is 15.6 Å². The number of nitriles is 1. The lowest BCUT2D eigenvalue weighted by Gasteiger charge is -2.04. The van der Waals surface area contributed by atoms with Crippen molar-refractivity contribution in [2.75, 3.05) is 20.3 Å². The summed E-state index contributed by atoms with van der Waals surface area (Å²) in [5.41, 5.74) is 1.05. The molecular formula is C13H16N4O2. The molecule has 0 saturated carbocycles. The molecule has 6 nitrogen and oxygen atoms in total. The van der Waals surface area contributed by atoms with Crippen LogP contribution in [0.4, 0.5) is 0 Å². The largest absolute Gasteiger partial charge is 0.386 e. The molecule has 2 N–H and O–H groups in total. The first-order valence-electron chi connectivity index (χ1n) is 5.77. The summed E-state index contributed by atoms with van der Waals surface area (Å²) in [6, 6.07) is 5.55. The highest BCUT2D eigenvalue weighted by Crippen LogP contribution is 1.96. The van der Waals surface area contributed by atoms with Crippen LogP contribution in [-0.4, -0.2) is 31.2 Å². The Balaban J connectivity index is 2.44. The monoisotopic (exact) mass is 260 g/mol. The van der Waals surface area contributed by atoms with Crippen molar-refractivity contribution in [3.8, 4) is 6.07 Å². The summed E-state index contributed by atoms with van der Waals surface area (Å²) in [4.78, 5) is 15.5. The number of methoxy groups -OCH3 is 1. The summed E-state index contributed by atoms with van der Waals surface area (Å²) in [6.45, 7) is 1.31. The normalized spacial score (nSPS) is 10.6. The van der Waals surface area contributed by atoms with Crippen LogP contribution in [0, 0.1) is 11.3 Å². The fourth-order valence-electron chi connectivity index (χ4n) is 1.28. The van der Waals surface area contributed by atoms with Gasteiger partial charge < -0.3 is 15.4 Å². The Hall–Kier alpha value is -2.39. The second kappa shape index (κ2) is 8.66. The molecule has 0 aliphatic heterocycles. The van der Waals surface area contributed by atoms with Gasteiger partial charge >= 0.3 is 0 Å². The van der Waals surface area contributed by atoms with Crippen molar-refractivity contribution >= 4 is 5.91 Å². The van der Waals surface area contributed by atoms with E-state index in [1.165, 1.54) is 6.20 Å². The van der Waals surface area contributed by atoms with Gasteiger partial charge in [-0.2, -0.15) is 5.26 Å². The van der Waals surface area contributed by atoms with Crippen LogP contribution in [0.25, 0.3) is 0 Å². The first kappa shape index (κ1) is 14.7. The van der Waals surface area contributed by atoms with Crippen LogP contribution in [0.2, 0.25) is 0 Å². The minimum Gasteiger partial charge on any atom is -0.386 e. The fraction of sp³-hybridized carbons (Fsp3) is 0.308. The van der Waals surface area contributed by atoms with Gasteiger partial charge in [0.2, 0.25) is 0 Å². The fourth-order valence-corrected chi connectivity index (χ4v) is 1.28. The van der Waals surface area contributed by atoms with E-state index in [4.69, 9.17) is 10.00 Å². The SMILES string of the molecule is COCCNC(=O)/C(C#N)=C\NCc1ccncc1. The van der Waals surface area contributed by atoms with Crippen molar-refractivity contribution < 1.29 is 9.53 Å². The Kier molecular flexibility index (Phi) is 6.69. The Morgan fingerprint density at radius 2 is 2.26 bits per heavy atom. The number of amides is 1. The van der Waals surface area contributed by atoms with E-state index in [0.29, 0.717) is 19.7 Å². The number of carbonyl (C=O) groups is 1. The van der Waals surface area contributed by atoms with Crippen molar-refractivity contribution in [3.05, 3.63) is 41.9 Å². The van der Waals surface area contributed by atoms with Crippen molar-refractivity contribution in [1.29, 1.82) is 5.26 Å². The summed E-state index contributed by atoms with van der Waals surface area (Å²) < 4.78 is 4.81. The zero-order valence-electron chi connectivity index (χ0n) is 10.7. The predicted molar refractivity (Wildman–Crippen MR) is 69.7 cm³/mol. The number of ether oxygens (including phenoxy) is 1. The third kappa shape index (κ3) is 5.66. The second-order valence-corrected chi connectivity index (χ2v) is 3.65. The van der Waals surface area contributed by atoms with Crippen LogP contribution in [0.15, 0.2) is 36.3 Å². The van der Waals surface area contributed by atoms with Crippen molar-refractivity contribution in [2.45, 2.75) is 6.54 Å². The molecule has 0 aliphatic carbocycles. The number of rotatable bonds is 7. The van der Waals surface area contributed by atoms with E-state index in [1.807, 2.05) is 18.2 Å². The number of nitrogens with one attached hydrogen (secondary N) is 2. The maximum Gasteiger partial charge on any atom is 0.263 e. The standard InChI is InChI=1S/C13H16N4O2/c1-19-7-6-17-13(18)12(8-14)10-16-9-11-2-4-15-5-3-11/h2-5,10,16H,6-7,9H2,1H3,(H,17,18)/b12-10-. The Morgan fingerprint density at radius 3 is 2.89 bits per heavy atom. The molecule has 0 fully saturated rings. The van der Waals surface area contributed by atoms with E-state index >= 15 is 0 Å². The predicted octanol–water partition coefficient (Wildman–Crippen LogP) is 0.341. The van der Waals surface area contributed by atoms with E-state index in [0.717, 1.165) is 5.56 Å². The molecule has 0 atom stereocenters. The van der Waals surface area contributed by atoms with Crippen LogP contribution in [0.5, 0.6) is 0 Å². The van der Waals surface area contributed by atoms with Gasteiger partial charge in [-0.1, -0.05) is 0 Å². The molecule has 19 heavy (non-hydrogen) atoms. The minimum atomic E-state index is -0.415. The molecule has 0 saturated heterocycles. The number of carbonyl (C=O) groups excluding carboxylic acids is 1. The average Bonchev–Trinajstić information content (AvgIpc) is 2.45. The summed E-state index contributed by atoms with van der Waals surface area (Å²) in [5.74, 6) is -0.415. The van der Waals surface area contributed by atoms with Gasteiger partial charge in [0.05, 0.1) is 6.61 Å². The molecule has 1 aromatic rings. The molecule has 6 heteroatoms. The number of hydrogen-bond donors (Lipinski definition) is 2. The van der Waals surface area contributed by atoms with Crippen molar-refractivity contribution in [3.63, 3.8) is 0 Å². The van der Waals surface area contributed by atoms with E-state index in [9.17, 15) is 4.79 Å². The van der Waals surface area contributed by atoms with Crippen LogP contribution in [0.1, 0.15) is 5.56 Å². The third-order valence-electron chi connectivity index (χ3n) is 2.26. The molecule has 1 rings (SSSR count). The number of hydrogen-bond acceptors (Lipinski definition) is 5. The Morgan fingerprint density at radius 1 is 1.53 bits per heavy atom. The summed E-state index contributed by atoms with van der Waals surface area (Å²) >= 11 is 0. The molecule has 0 aliphatic rings. The van der Waals surface area contributed by atoms with E-state index in [1.54, 1.807) is 19.5 Å². The molecule has 0 bridgehead atoms. The molecule has 1 amide bonds. The molecular weight excluding hydrogens is 244 g/mol. The van der Waals surface area contributed by atoms with Gasteiger partial charge in [-0.15, -0.1) is 0 Å². The Bertz CT molecular complexity index is 465. The second-order valence-electron chi connectivity index (χ2n) is 3.65. The van der Waals surface area contributed by atoms with Gasteiger partial charge in [0.25, 0.3) is 5.91 Å². The molecule has 0 aromatic carbocycles. The zero-order valence-corrected chi connectivity index (χ0v) is 10.7. The highest BCUT2D eigenvalue weighted by molar-refractivity contribution is 5.97. The number of nitrogens with zero attached hydrogens (tertiary/aromatic N) is 2. The van der Waals surface area contributed by atoms with Crippen molar-refractivity contribution in [2.24, 2.45) is 0 Å². The number of pyridine rings is 1. The van der Waals surface area contributed by atoms with E-state index in [-0.39, 0.29) is 5.57 Å². The Labute approximate surface area is 112 Å². The highest BCUT2D eigenvalue weighted by atomic mass is 16.5. The average molecular weight is 260 g/mol. The maximum atomic E-state index is 11.6. The quantitative estimate of drug-likeness (QED) is 0.419. The van der Waals surface area contributed by atoms with Crippen LogP contribution in [0.3, 0.4) is 0 Å². The minimum absolute atomic E-state index is 0.0326. The summed E-state index contributed by atoms with van der Waals surface area (Å²) in [7, 11) is 1.55. The lowest BCUT2D eigenvalue weighted by Crippen LogP contribution is -2.28. The van der Waals surface area contributed by atoms with Crippen LogP contribution in [-0.2, 0) is 16.1 Å². The van der Waals surface area contributed by atoms with Gasteiger partial charge in [-0.05, 0) is 17.7 Å². The van der Waals surface area contributed by atoms with Gasteiger partial charge in [-0.3, -0.25) is 9.78 Å². The molecule has 1 heterocycles. The molecule has 0 unspecified atom stereocenters. The smallest absolute Gasteiger partial charge is 0.263 e. The highest BCUT2D eigenvalue weighted by Gasteiger charge is 2.07. The zero-order chi connectivity index (χ0) is 13.9.